The highest BCUT2D eigenvalue weighted by molar-refractivity contribution is 7.16. The number of nitrogens with one attached hydrogen (secondary N) is 1. The molecule has 29 heavy (non-hydrogen) atoms. The van der Waals surface area contributed by atoms with E-state index in [2.05, 4.69) is 10.3 Å². The van der Waals surface area contributed by atoms with Crippen LogP contribution in [0, 0.1) is 13.8 Å². The highest BCUT2D eigenvalue weighted by atomic mass is 32.1. The highest BCUT2D eigenvalue weighted by Crippen LogP contribution is 2.20. The Labute approximate surface area is 172 Å². The van der Waals surface area contributed by atoms with Crippen LogP contribution in [0.1, 0.15) is 21.5 Å². The Hall–Kier alpha value is -3.26. The number of nitrogens with zero attached hydrogens (tertiary/aromatic N) is 2. The van der Waals surface area contributed by atoms with Gasteiger partial charge in [-0.3, -0.25) is 9.59 Å². The number of esters is 1. The maximum Gasteiger partial charge on any atom is 0.338 e. The molecular formula is C21H21N3O4S. The predicted octanol–water partition coefficient (Wildman–Crippen LogP) is 3.17. The molecule has 0 aliphatic rings. The van der Waals surface area contributed by atoms with Crippen LogP contribution in [0.2, 0.25) is 0 Å². The summed E-state index contributed by atoms with van der Waals surface area (Å²) in [6.07, 6.45) is 0. The molecule has 2 amide bonds. The van der Waals surface area contributed by atoms with Gasteiger partial charge in [-0.1, -0.05) is 18.2 Å². The van der Waals surface area contributed by atoms with E-state index in [9.17, 15) is 14.4 Å². The summed E-state index contributed by atoms with van der Waals surface area (Å²) in [6.45, 7) is 3.23. The van der Waals surface area contributed by atoms with Gasteiger partial charge >= 0.3 is 5.97 Å². The Morgan fingerprint density at radius 1 is 1.14 bits per heavy atom. The Morgan fingerprint density at radius 2 is 1.86 bits per heavy atom. The minimum atomic E-state index is -0.595. The van der Waals surface area contributed by atoms with E-state index in [0.29, 0.717) is 5.56 Å². The van der Waals surface area contributed by atoms with Gasteiger partial charge in [0, 0.05) is 12.7 Å². The van der Waals surface area contributed by atoms with E-state index in [0.717, 1.165) is 27.0 Å². The first kappa shape index (κ1) is 20.5. The second-order valence-electron chi connectivity index (χ2n) is 6.68. The average Bonchev–Trinajstić information content (AvgIpc) is 3.16. The SMILES string of the molecule is Cc1cccc(C)c1NC(=O)CN(C)C(=O)COC(=O)c1ccc2ncsc2c1. The van der Waals surface area contributed by atoms with Crippen LogP contribution in [-0.4, -0.2) is 47.9 Å². The number of aromatic nitrogens is 1. The largest absolute Gasteiger partial charge is 0.452 e. The number of fused-ring (bicyclic) bond motifs is 1. The predicted molar refractivity (Wildman–Crippen MR) is 112 cm³/mol. The number of anilines is 1. The lowest BCUT2D eigenvalue weighted by Crippen LogP contribution is -2.37. The zero-order valence-corrected chi connectivity index (χ0v) is 17.2. The van der Waals surface area contributed by atoms with Crippen molar-refractivity contribution in [1.82, 2.24) is 9.88 Å². The number of carbonyl (C=O) groups is 3. The number of para-hydroxylation sites is 1. The molecule has 0 spiro atoms. The topological polar surface area (TPSA) is 88.6 Å². The summed E-state index contributed by atoms with van der Waals surface area (Å²) in [6, 6.07) is 10.7. The van der Waals surface area contributed by atoms with Crippen LogP contribution in [0.3, 0.4) is 0 Å². The lowest BCUT2D eigenvalue weighted by molar-refractivity contribution is -0.136. The molecule has 2 aromatic carbocycles. The van der Waals surface area contributed by atoms with Gasteiger partial charge in [-0.25, -0.2) is 9.78 Å². The molecule has 0 saturated heterocycles. The van der Waals surface area contributed by atoms with Gasteiger partial charge in [0.05, 0.1) is 27.8 Å². The van der Waals surface area contributed by atoms with Crippen molar-refractivity contribution >= 4 is 45.0 Å². The van der Waals surface area contributed by atoms with Crippen molar-refractivity contribution in [3.63, 3.8) is 0 Å². The third kappa shape index (κ3) is 4.97. The molecule has 150 valence electrons. The van der Waals surface area contributed by atoms with Crippen molar-refractivity contribution < 1.29 is 19.1 Å². The molecule has 7 nitrogen and oxygen atoms in total. The van der Waals surface area contributed by atoms with Crippen molar-refractivity contribution in [2.24, 2.45) is 0 Å². The van der Waals surface area contributed by atoms with Crippen molar-refractivity contribution in [1.29, 1.82) is 0 Å². The first-order valence-electron chi connectivity index (χ1n) is 8.95. The Morgan fingerprint density at radius 3 is 2.59 bits per heavy atom. The van der Waals surface area contributed by atoms with E-state index in [-0.39, 0.29) is 12.5 Å². The van der Waals surface area contributed by atoms with E-state index >= 15 is 0 Å². The van der Waals surface area contributed by atoms with Gasteiger partial charge in [0.25, 0.3) is 5.91 Å². The van der Waals surface area contributed by atoms with E-state index in [1.165, 1.54) is 23.3 Å². The van der Waals surface area contributed by atoms with Crippen molar-refractivity contribution in [3.8, 4) is 0 Å². The number of hydrogen-bond acceptors (Lipinski definition) is 6. The first-order valence-corrected chi connectivity index (χ1v) is 9.83. The molecule has 1 heterocycles. The van der Waals surface area contributed by atoms with Crippen molar-refractivity contribution in [2.75, 3.05) is 25.5 Å². The average molecular weight is 411 g/mol. The minimum absolute atomic E-state index is 0.142. The molecule has 0 aliphatic carbocycles. The fourth-order valence-electron chi connectivity index (χ4n) is 2.80. The summed E-state index contributed by atoms with van der Waals surface area (Å²) < 4.78 is 5.96. The third-order valence-electron chi connectivity index (χ3n) is 4.45. The zero-order valence-electron chi connectivity index (χ0n) is 16.4. The molecule has 1 N–H and O–H groups in total. The van der Waals surface area contributed by atoms with Gasteiger partial charge in [0.2, 0.25) is 5.91 Å². The number of aryl methyl sites for hydroxylation is 2. The van der Waals surface area contributed by atoms with Gasteiger partial charge in [-0.2, -0.15) is 0 Å². The molecule has 0 radical (unpaired) electrons. The maximum atomic E-state index is 12.3. The monoisotopic (exact) mass is 411 g/mol. The van der Waals surface area contributed by atoms with Crippen LogP contribution in [0.15, 0.2) is 41.9 Å². The van der Waals surface area contributed by atoms with Crippen LogP contribution in [-0.2, 0) is 14.3 Å². The number of rotatable bonds is 6. The number of benzene rings is 2. The Kier molecular flexibility index (Phi) is 6.23. The summed E-state index contributed by atoms with van der Waals surface area (Å²) in [7, 11) is 1.49. The molecule has 0 aliphatic heterocycles. The second kappa shape index (κ2) is 8.83. The standard InChI is InChI=1S/C21H21N3O4S/c1-13-5-4-6-14(2)20(13)23-18(25)10-24(3)19(26)11-28-21(27)15-7-8-16-17(9-15)29-12-22-16/h4-9,12H,10-11H2,1-3H3,(H,23,25). The molecule has 8 heteroatoms. The maximum absolute atomic E-state index is 12.3. The fourth-order valence-corrected chi connectivity index (χ4v) is 3.51. The van der Waals surface area contributed by atoms with Gasteiger partial charge in [-0.05, 0) is 43.2 Å². The molecule has 1 aromatic heterocycles. The lowest BCUT2D eigenvalue weighted by atomic mass is 10.1. The number of amides is 2. The summed E-state index contributed by atoms with van der Waals surface area (Å²) in [4.78, 5) is 42.1. The summed E-state index contributed by atoms with van der Waals surface area (Å²) in [5.74, 6) is -1.38. The second-order valence-corrected chi connectivity index (χ2v) is 7.56. The van der Waals surface area contributed by atoms with Gasteiger partial charge < -0.3 is 15.0 Å². The van der Waals surface area contributed by atoms with E-state index in [1.54, 1.807) is 23.7 Å². The molecule has 0 unspecified atom stereocenters. The molecular weight excluding hydrogens is 390 g/mol. The summed E-state index contributed by atoms with van der Waals surface area (Å²) in [5, 5.41) is 2.82. The van der Waals surface area contributed by atoms with Crippen molar-refractivity contribution in [3.05, 3.63) is 58.6 Å². The van der Waals surface area contributed by atoms with E-state index < -0.39 is 18.5 Å². The number of hydrogen-bond donors (Lipinski definition) is 1. The smallest absolute Gasteiger partial charge is 0.338 e. The Bertz CT molecular complexity index is 1060. The molecule has 0 bridgehead atoms. The summed E-state index contributed by atoms with van der Waals surface area (Å²) >= 11 is 1.42. The van der Waals surface area contributed by atoms with Gasteiger partial charge in [0.1, 0.15) is 0 Å². The number of carbonyl (C=O) groups excluding carboxylic acids is 3. The van der Waals surface area contributed by atoms with Crippen LogP contribution < -0.4 is 5.32 Å². The molecule has 0 saturated carbocycles. The van der Waals surface area contributed by atoms with E-state index in [1.807, 2.05) is 32.0 Å². The van der Waals surface area contributed by atoms with E-state index in [4.69, 9.17) is 4.74 Å². The zero-order chi connectivity index (χ0) is 21.0. The lowest BCUT2D eigenvalue weighted by Gasteiger charge is -2.18. The van der Waals surface area contributed by atoms with Crippen LogP contribution >= 0.6 is 11.3 Å². The van der Waals surface area contributed by atoms with Crippen molar-refractivity contribution in [2.45, 2.75) is 13.8 Å². The third-order valence-corrected chi connectivity index (χ3v) is 5.24. The first-order chi connectivity index (χ1) is 13.8. The fraction of sp³-hybridized carbons (Fsp3) is 0.238. The molecule has 3 aromatic rings. The molecule has 0 atom stereocenters. The quantitative estimate of drug-likeness (QED) is 0.630. The van der Waals surface area contributed by atoms with Gasteiger partial charge in [0.15, 0.2) is 6.61 Å². The van der Waals surface area contributed by atoms with Gasteiger partial charge in [-0.15, -0.1) is 11.3 Å². The summed E-state index contributed by atoms with van der Waals surface area (Å²) in [5.41, 5.74) is 5.48. The number of ether oxygens (including phenoxy) is 1. The molecule has 0 fully saturated rings. The van der Waals surface area contributed by atoms with Crippen LogP contribution in [0.25, 0.3) is 10.2 Å². The normalized spacial score (nSPS) is 10.6. The number of thiazole rings is 1. The highest BCUT2D eigenvalue weighted by Gasteiger charge is 2.17. The Balaban J connectivity index is 1.52. The molecule has 3 rings (SSSR count). The van der Waals surface area contributed by atoms with Crippen LogP contribution in [0.5, 0.6) is 0 Å². The number of likely N-dealkylation sites (N-methyl/N-ethyl adjacent to an activating group) is 1. The van der Waals surface area contributed by atoms with Crippen LogP contribution in [0.4, 0.5) is 5.69 Å². The minimum Gasteiger partial charge on any atom is -0.452 e.